The molecule has 8 heteroatoms. The number of anilines is 1. The van der Waals surface area contributed by atoms with E-state index >= 15 is 0 Å². The summed E-state index contributed by atoms with van der Waals surface area (Å²) >= 11 is 5.80. The van der Waals surface area contributed by atoms with Crippen LogP contribution in [0.3, 0.4) is 0 Å². The van der Waals surface area contributed by atoms with E-state index in [2.05, 4.69) is 10.6 Å². The van der Waals surface area contributed by atoms with Gasteiger partial charge in [0.25, 0.3) is 0 Å². The molecule has 27 heavy (non-hydrogen) atoms. The minimum Gasteiger partial charge on any atom is -0.347 e. The fraction of sp³-hybridized carbons (Fsp3) is 0.211. The van der Waals surface area contributed by atoms with Gasteiger partial charge >= 0.3 is 6.03 Å². The number of aryl methyl sites for hydroxylation is 1. The first-order chi connectivity index (χ1) is 12.8. The van der Waals surface area contributed by atoms with Gasteiger partial charge in [0, 0.05) is 40.9 Å². The molecule has 0 aliphatic rings. The van der Waals surface area contributed by atoms with Gasteiger partial charge in [0.2, 0.25) is 0 Å². The zero-order valence-corrected chi connectivity index (χ0v) is 16.6. The number of nitrogens with zero attached hydrogens (tertiary/aromatic N) is 1. The van der Waals surface area contributed by atoms with E-state index in [4.69, 9.17) is 11.6 Å². The van der Waals surface area contributed by atoms with E-state index in [0.717, 1.165) is 5.52 Å². The Morgan fingerprint density at radius 2 is 1.78 bits per heavy atom. The Kier molecular flexibility index (Phi) is 5.43. The standard InChI is InChI=1S/C19H20ClN3O3S/c1-13-18(16-5-3-4-6-17(16)23(13)2)27(25,26)12-11-21-19(24)22-15-9-7-14(20)8-10-15/h3-10H,11-12H2,1-2H3,(H2,21,22,24). The molecule has 0 fully saturated rings. The molecular weight excluding hydrogens is 386 g/mol. The SMILES string of the molecule is Cc1c(S(=O)(=O)CCNC(=O)Nc2ccc(Cl)cc2)c2ccccc2n1C. The second kappa shape index (κ2) is 7.62. The van der Waals surface area contributed by atoms with Gasteiger partial charge in [-0.15, -0.1) is 0 Å². The van der Waals surface area contributed by atoms with Gasteiger partial charge in [-0.2, -0.15) is 0 Å². The normalized spacial score (nSPS) is 11.5. The maximum Gasteiger partial charge on any atom is 0.319 e. The molecule has 0 aliphatic heterocycles. The van der Waals surface area contributed by atoms with Crippen molar-refractivity contribution in [2.24, 2.45) is 7.05 Å². The third kappa shape index (κ3) is 4.09. The van der Waals surface area contributed by atoms with E-state index in [1.54, 1.807) is 37.3 Å². The lowest BCUT2D eigenvalue weighted by Crippen LogP contribution is -2.32. The van der Waals surface area contributed by atoms with Gasteiger partial charge in [0.15, 0.2) is 9.84 Å². The molecule has 0 atom stereocenters. The van der Waals surface area contributed by atoms with Gasteiger partial charge < -0.3 is 15.2 Å². The summed E-state index contributed by atoms with van der Waals surface area (Å²) in [6.07, 6.45) is 0. The predicted octanol–water partition coefficient (Wildman–Crippen LogP) is 3.74. The van der Waals surface area contributed by atoms with Crippen molar-refractivity contribution in [1.29, 1.82) is 0 Å². The fourth-order valence-electron chi connectivity index (χ4n) is 2.99. The largest absolute Gasteiger partial charge is 0.347 e. The smallest absolute Gasteiger partial charge is 0.319 e. The molecule has 2 aromatic carbocycles. The molecule has 0 unspecified atom stereocenters. The van der Waals surface area contributed by atoms with Crippen LogP contribution in [-0.2, 0) is 16.9 Å². The number of carbonyl (C=O) groups excluding carboxylic acids is 1. The lowest BCUT2D eigenvalue weighted by atomic mass is 10.2. The molecule has 0 radical (unpaired) electrons. The van der Waals surface area contributed by atoms with Crippen molar-refractivity contribution in [3.63, 3.8) is 0 Å². The molecule has 0 saturated heterocycles. The van der Waals surface area contributed by atoms with Crippen molar-refractivity contribution in [3.8, 4) is 0 Å². The lowest BCUT2D eigenvalue weighted by molar-refractivity contribution is 0.252. The molecule has 3 rings (SSSR count). The average Bonchev–Trinajstić information content (AvgIpc) is 2.89. The monoisotopic (exact) mass is 405 g/mol. The van der Waals surface area contributed by atoms with Crippen LogP contribution in [0.1, 0.15) is 5.69 Å². The van der Waals surface area contributed by atoms with Gasteiger partial charge in [-0.05, 0) is 37.3 Å². The number of halogens is 1. The third-order valence-electron chi connectivity index (χ3n) is 4.41. The molecule has 1 aromatic heterocycles. The molecule has 1 heterocycles. The van der Waals surface area contributed by atoms with E-state index in [9.17, 15) is 13.2 Å². The topological polar surface area (TPSA) is 80.2 Å². The molecule has 0 saturated carbocycles. The molecule has 142 valence electrons. The number of carbonyl (C=O) groups is 1. The number of para-hydroxylation sites is 1. The van der Waals surface area contributed by atoms with Crippen molar-refractivity contribution in [3.05, 3.63) is 59.2 Å². The highest BCUT2D eigenvalue weighted by molar-refractivity contribution is 7.91. The van der Waals surface area contributed by atoms with Crippen LogP contribution in [0.4, 0.5) is 10.5 Å². The van der Waals surface area contributed by atoms with Gasteiger partial charge in [0.05, 0.1) is 10.6 Å². The van der Waals surface area contributed by atoms with Crippen molar-refractivity contribution in [2.45, 2.75) is 11.8 Å². The first-order valence-corrected chi connectivity index (χ1v) is 10.4. The summed E-state index contributed by atoms with van der Waals surface area (Å²) in [6, 6.07) is 13.6. The van der Waals surface area contributed by atoms with Crippen molar-refractivity contribution in [1.82, 2.24) is 9.88 Å². The van der Waals surface area contributed by atoms with E-state index < -0.39 is 15.9 Å². The Hall–Kier alpha value is -2.51. The Bertz CT molecular complexity index is 1090. The number of hydrogen-bond acceptors (Lipinski definition) is 3. The summed E-state index contributed by atoms with van der Waals surface area (Å²) in [5, 5.41) is 6.47. The summed E-state index contributed by atoms with van der Waals surface area (Å²) in [5.74, 6) is -0.185. The number of benzene rings is 2. The summed E-state index contributed by atoms with van der Waals surface area (Å²) in [7, 11) is -1.71. The quantitative estimate of drug-likeness (QED) is 0.678. The Morgan fingerprint density at radius 3 is 2.48 bits per heavy atom. The first kappa shape index (κ1) is 19.3. The average molecular weight is 406 g/mol. The maximum absolute atomic E-state index is 12.9. The molecule has 0 aliphatic carbocycles. The summed E-state index contributed by atoms with van der Waals surface area (Å²) in [6.45, 7) is 1.79. The summed E-state index contributed by atoms with van der Waals surface area (Å²) in [5.41, 5.74) is 2.12. The number of amides is 2. The van der Waals surface area contributed by atoms with Crippen LogP contribution < -0.4 is 10.6 Å². The van der Waals surface area contributed by atoms with E-state index in [1.165, 1.54) is 0 Å². The number of hydrogen-bond donors (Lipinski definition) is 2. The van der Waals surface area contributed by atoms with E-state index in [-0.39, 0.29) is 12.3 Å². The third-order valence-corrected chi connectivity index (χ3v) is 6.54. The number of sulfone groups is 1. The lowest BCUT2D eigenvalue weighted by Gasteiger charge is -2.09. The van der Waals surface area contributed by atoms with Gasteiger partial charge in [-0.1, -0.05) is 29.8 Å². The number of aromatic nitrogens is 1. The zero-order valence-electron chi connectivity index (χ0n) is 15.0. The predicted molar refractivity (Wildman–Crippen MR) is 108 cm³/mol. The Balaban J connectivity index is 1.68. The molecule has 2 amide bonds. The van der Waals surface area contributed by atoms with Gasteiger partial charge in [-0.25, -0.2) is 13.2 Å². The number of nitrogens with one attached hydrogen (secondary N) is 2. The second-order valence-corrected chi connectivity index (χ2v) is 8.68. The molecular formula is C19H20ClN3O3S. The summed E-state index contributed by atoms with van der Waals surface area (Å²) in [4.78, 5) is 12.3. The van der Waals surface area contributed by atoms with E-state index in [1.807, 2.05) is 29.8 Å². The van der Waals surface area contributed by atoms with Crippen LogP contribution in [0.2, 0.25) is 5.02 Å². The van der Waals surface area contributed by atoms with Crippen molar-refractivity contribution in [2.75, 3.05) is 17.6 Å². The molecule has 6 nitrogen and oxygen atoms in total. The van der Waals surface area contributed by atoms with Crippen LogP contribution in [0.25, 0.3) is 10.9 Å². The minimum atomic E-state index is -3.55. The minimum absolute atomic E-state index is 0.00438. The van der Waals surface area contributed by atoms with Crippen molar-refractivity contribution >= 4 is 44.1 Å². The molecule has 2 N–H and O–H groups in total. The van der Waals surface area contributed by atoms with Crippen LogP contribution in [0, 0.1) is 6.92 Å². The van der Waals surface area contributed by atoms with Gasteiger partial charge in [-0.3, -0.25) is 0 Å². The highest BCUT2D eigenvalue weighted by Crippen LogP contribution is 2.29. The first-order valence-electron chi connectivity index (χ1n) is 8.37. The van der Waals surface area contributed by atoms with E-state index in [0.29, 0.717) is 26.7 Å². The van der Waals surface area contributed by atoms with Gasteiger partial charge in [0.1, 0.15) is 0 Å². The Labute approximate surface area is 163 Å². The van der Waals surface area contributed by atoms with Crippen LogP contribution in [0.5, 0.6) is 0 Å². The highest BCUT2D eigenvalue weighted by atomic mass is 35.5. The number of fused-ring (bicyclic) bond motifs is 1. The molecule has 3 aromatic rings. The summed E-state index contributed by atoms with van der Waals surface area (Å²) < 4.78 is 27.6. The maximum atomic E-state index is 12.9. The van der Waals surface area contributed by atoms with Crippen LogP contribution in [0.15, 0.2) is 53.4 Å². The number of rotatable bonds is 5. The molecule has 0 spiro atoms. The fourth-order valence-corrected chi connectivity index (χ4v) is 4.78. The van der Waals surface area contributed by atoms with Crippen LogP contribution >= 0.6 is 11.6 Å². The Morgan fingerprint density at radius 1 is 1.11 bits per heavy atom. The number of urea groups is 1. The second-order valence-electron chi connectivity index (χ2n) is 6.20. The highest BCUT2D eigenvalue weighted by Gasteiger charge is 2.24. The zero-order chi connectivity index (χ0) is 19.6. The molecule has 0 bridgehead atoms. The van der Waals surface area contributed by atoms with Crippen LogP contribution in [-0.4, -0.2) is 31.3 Å². The van der Waals surface area contributed by atoms with Crippen molar-refractivity contribution < 1.29 is 13.2 Å².